The Morgan fingerprint density at radius 1 is 1.21 bits per heavy atom. The number of para-hydroxylation sites is 1. The number of rotatable bonds is 5. The fourth-order valence-corrected chi connectivity index (χ4v) is 4.51. The number of amides is 1. The molecule has 1 unspecified atom stereocenters. The highest BCUT2D eigenvalue weighted by Crippen LogP contribution is 2.24. The second-order valence-corrected chi connectivity index (χ2v) is 8.16. The van der Waals surface area contributed by atoms with Crippen molar-refractivity contribution in [2.75, 3.05) is 13.1 Å². The highest BCUT2D eigenvalue weighted by molar-refractivity contribution is 7.08. The van der Waals surface area contributed by atoms with Gasteiger partial charge in [0.2, 0.25) is 17.6 Å². The molecule has 3 aromatic heterocycles. The van der Waals surface area contributed by atoms with Gasteiger partial charge in [-0.1, -0.05) is 22.4 Å². The molecule has 1 fully saturated rings. The molecule has 7 nitrogen and oxygen atoms in total. The van der Waals surface area contributed by atoms with Crippen LogP contribution in [-0.4, -0.2) is 39.2 Å². The Labute approximate surface area is 171 Å². The van der Waals surface area contributed by atoms with Crippen LogP contribution in [0, 0.1) is 5.92 Å². The lowest BCUT2D eigenvalue weighted by atomic mass is 9.94. The van der Waals surface area contributed by atoms with Crippen molar-refractivity contribution in [3.63, 3.8) is 0 Å². The Morgan fingerprint density at radius 2 is 2.14 bits per heavy atom. The van der Waals surface area contributed by atoms with Gasteiger partial charge in [0.25, 0.3) is 0 Å². The summed E-state index contributed by atoms with van der Waals surface area (Å²) >= 11 is 1.61. The van der Waals surface area contributed by atoms with Gasteiger partial charge in [-0.2, -0.15) is 16.3 Å². The zero-order valence-electron chi connectivity index (χ0n) is 15.8. The van der Waals surface area contributed by atoms with Gasteiger partial charge in [-0.05, 0) is 42.3 Å². The van der Waals surface area contributed by atoms with Gasteiger partial charge in [0.05, 0.1) is 6.42 Å². The van der Waals surface area contributed by atoms with Crippen molar-refractivity contribution in [3.05, 3.63) is 52.7 Å². The molecule has 148 valence electrons. The minimum atomic E-state index is 0.0817. The third-order valence-electron chi connectivity index (χ3n) is 5.35. The fraction of sp³-hybridized carbons (Fsp3) is 0.333. The van der Waals surface area contributed by atoms with E-state index in [9.17, 15) is 4.79 Å². The van der Waals surface area contributed by atoms with Crippen LogP contribution in [0.2, 0.25) is 0 Å². The van der Waals surface area contributed by atoms with Gasteiger partial charge in [-0.15, -0.1) is 0 Å². The Bertz CT molecular complexity index is 1120. The highest BCUT2D eigenvalue weighted by Gasteiger charge is 2.26. The van der Waals surface area contributed by atoms with E-state index in [0.717, 1.165) is 30.3 Å². The molecule has 29 heavy (non-hydrogen) atoms. The van der Waals surface area contributed by atoms with Crippen LogP contribution in [0.25, 0.3) is 22.4 Å². The number of carbonyl (C=O) groups is 1. The maximum Gasteiger partial charge on any atom is 0.228 e. The fourth-order valence-electron chi connectivity index (χ4n) is 3.87. The predicted molar refractivity (Wildman–Crippen MR) is 108 cm³/mol. The van der Waals surface area contributed by atoms with Gasteiger partial charge in [-0.3, -0.25) is 4.79 Å². The van der Waals surface area contributed by atoms with Gasteiger partial charge >= 0.3 is 0 Å². The summed E-state index contributed by atoms with van der Waals surface area (Å²) in [5, 5.41) is 13.1. The number of likely N-dealkylation sites (tertiary alicyclic amines) is 1. The van der Waals surface area contributed by atoms with Crippen LogP contribution < -0.4 is 0 Å². The Hall–Kier alpha value is -3.00. The molecule has 1 aliphatic heterocycles. The summed E-state index contributed by atoms with van der Waals surface area (Å²) < 4.78 is 10.8. The normalized spacial score (nSPS) is 17.1. The van der Waals surface area contributed by atoms with Crippen LogP contribution in [0.15, 0.2) is 50.1 Å². The Balaban J connectivity index is 1.23. The van der Waals surface area contributed by atoms with Crippen LogP contribution in [-0.2, 0) is 17.6 Å². The molecule has 0 aliphatic carbocycles. The first-order valence-corrected chi connectivity index (χ1v) is 10.7. The number of piperidine rings is 1. The van der Waals surface area contributed by atoms with Crippen LogP contribution in [0.5, 0.6) is 0 Å². The van der Waals surface area contributed by atoms with Crippen molar-refractivity contribution in [1.29, 1.82) is 0 Å². The molecule has 4 aromatic rings. The molecule has 5 rings (SSSR count). The SMILES string of the molecule is O=C(Cc1noc2ccccc12)N1CCCC(Cc2nc(-c3ccsc3)no2)C1. The molecule has 0 radical (unpaired) electrons. The van der Waals surface area contributed by atoms with Crippen molar-refractivity contribution >= 4 is 28.2 Å². The van der Waals surface area contributed by atoms with E-state index in [1.165, 1.54) is 0 Å². The number of carbonyl (C=O) groups excluding carboxylic acids is 1. The molecule has 8 heteroatoms. The van der Waals surface area contributed by atoms with Crippen LogP contribution in [0.1, 0.15) is 24.4 Å². The van der Waals surface area contributed by atoms with E-state index in [0.29, 0.717) is 41.9 Å². The molecule has 0 bridgehead atoms. The molecule has 4 heterocycles. The predicted octanol–water partition coefficient (Wildman–Crippen LogP) is 3.96. The van der Waals surface area contributed by atoms with Crippen molar-refractivity contribution in [2.45, 2.75) is 25.7 Å². The maximum atomic E-state index is 12.9. The van der Waals surface area contributed by atoms with E-state index in [-0.39, 0.29) is 12.3 Å². The van der Waals surface area contributed by atoms with Crippen molar-refractivity contribution in [3.8, 4) is 11.4 Å². The number of hydrogen-bond acceptors (Lipinski definition) is 7. The number of benzene rings is 1. The number of nitrogens with zero attached hydrogens (tertiary/aromatic N) is 4. The summed E-state index contributed by atoms with van der Waals surface area (Å²) in [5.41, 5.74) is 2.39. The average molecular weight is 408 g/mol. The van der Waals surface area contributed by atoms with E-state index in [1.54, 1.807) is 11.3 Å². The zero-order valence-corrected chi connectivity index (χ0v) is 16.6. The first-order chi connectivity index (χ1) is 14.3. The third kappa shape index (κ3) is 3.80. The monoisotopic (exact) mass is 408 g/mol. The molecule has 0 saturated carbocycles. The Morgan fingerprint density at radius 3 is 3.03 bits per heavy atom. The number of thiophene rings is 1. The van der Waals surface area contributed by atoms with Crippen LogP contribution >= 0.6 is 11.3 Å². The van der Waals surface area contributed by atoms with Crippen molar-refractivity contribution < 1.29 is 13.8 Å². The lowest BCUT2D eigenvalue weighted by Gasteiger charge is -2.32. The first kappa shape index (κ1) is 18.1. The molecule has 0 N–H and O–H groups in total. The van der Waals surface area contributed by atoms with Crippen molar-refractivity contribution in [1.82, 2.24) is 20.2 Å². The molecule has 1 aromatic carbocycles. The summed E-state index contributed by atoms with van der Waals surface area (Å²) in [6, 6.07) is 9.61. The molecule has 1 amide bonds. The molecular weight excluding hydrogens is 388 g/mol. The second-order valence-electron chi connectivity index (χ2n) is 7.38. The minimum Gasteiger partial charge on any atom is -0.356 e. The second kappa shape index (κ2) is 7.79. The lowest BCUT2D eigenvalue weighted by Crippen LogP contribution is -2.41. The smallest absolute Gasteiger partial charge is 0.228 e. The number of fused-ring (bicyclic) bond motifs is 1. The maximum absolute atomic E-state index is 12.9. The zero-order chi connectivity index (χ0) is 19.6. The number of hydrogen-bond donors (Lipinski definition) is 0. The highest BCUT2D eigenvalue weighted by atomic mass is 32.1. The Kier molecular flexibility index (Phi) is 4.85. The van der Waals surface area contributed by atoms with Crippen molar-refractivity contribution in [2.24, 2.45) is 5.92 Å². The molecular formula is C21H20N4O3S. The molecule has 1 aliphatic rings. The van der Waals surface area contributed by atoms with Gasteiger partial charge in [0.15, 0.2) is 5.58 Å². The van der Waals surface area contributed by atoms with Gasteiger partial charge < -0.3 is 13.9 Å². The summed E-state index contributed by atoms with van der Waals surface area (Å²) in [4.78, 5) is 19.3. The third-order valence-corrected chi connectivity index (χ3v) is 6.04. The van der Waals surface area contributed by atoms with Crippen LogP contribution in [0.3, 0.4) is 0 Å². The lowest BCUT2D eigenvalue weighted by molar-refractivity contribution is -0.132. The summed E-state index contributed by atoms with van der Waals surface area (Å²) in [7, 11) is 0. The van der Waals surface area contributed by atoms with Gasteiger partial charge in [0, 0.05) is 35.8 Å². The minimum absolute atomic E-state index is 0.0817. The van der Waals surface area contributed by atoms with E-state index in [4.69, 9.17) is 9.05 Å². The summed E-state index contributed by atoms with van der Waals surface area (Å²) in [6.07, 6.45) is 2.97. The summed E-state index contributed by atoms with van der Waals surface area (Å²) in [5.74, 6) is 1.66. The standard InChI is InChI=1S/C21H20N4O3S/c26-20(11-17-16-5-1-2-6-18(16)27-23-17)25-8-3-4-14(12-25)10-19-22-21(24-28-19)15-7-9-29-13-15/h1-2,5-7,9,13-14H,3-4,8,10-12H2. The summed E-state index contributed by atoms with van der Waals surface area (Å²) in [6.45, 7) is 1.47. The van der Waals surface area contributed by atoms with E-state index in [2.05, 4.69) is 15.3 Å². The topological polar surface area (TPSA) is 85.3 Å². The molecule has 1 atom stereocenters. The van der Waals surface area contributed by atoms with Gasteiger partial charge in [0.1, 0.15) is 5.69 Å². The van der Waals surface area contributed by atoms with Crippen LogP contribution in [0.4, 0.5) is 0 Å². The average Bonchev–Trinajstić information content (AvgIpc) is 3.49. The van der Waals surface area contributed by atoms with E-state index >= 15 is 0 Å². The van der Waals surface area contributed by atoms with E-state index in [1.807, 2.05) is 46.0 Å². The molecule has 0 spiro atoms. The largest absolute Gasteiger partial charge is 0.356 e. The molecule has 1 saturated heterocycles. The van der Waals surface area contributed by atoms with E-state index < -0.39 is 0 Å². The number of aromatic nitrogens is 3. The quantitative estimate of drug-likeness (QED) is 0.497. The van der Waals surface area contributed by atoms with Gasteiger partial charge in [-0.25, -0.2) is 0 Å². The first-order valence-electron chi connectivity index (χ1n) is 9.72.